The van der Waals surface area contributed by atoms with Crippen molar-refractivity contribution in [1.82, 2.24) is 0 Å². The lowest BCUT2D eigenvalue weighted by Gasteiger charge is -2.12. The fraction of sp³-hybridized carbons (Fsp3) is 0.700. The maximum Gasteiger partial charge on any atom is 0.130 e. The minimum absolute atomic E-state index is 0.357. The van der Waals surface area contributed by atoms with E-state index in [0.717, 1.165) is 18.3 Å². The molecular weight excluding hydrogens is 136 g/mol. The lowest BCUT2D eigenvalue weighted by molar-refractivity contribution is -0.118. The molecule has 1 fully saturated rings. The molecule has 0 aliphatic heterocycles. The van der Waals surface area contributed by atoms with Gasteiger partial charge in [0.2, 0.25) is 0 Å². The molecule has 1 heteroatoms. The maximum atomic E-state index is 10.9. The highest BCUT2D eigenvalue weighted by atomic mass is 16.1. The van der Waals surface area contributed by atoms with E-state index in [4.69, 9.17) is 0 Å². The predicted octanol–water partition coefficient (Wildman–Crippen LogP) is 2.18. The molecule has 2 rings (SSSR count). The average molecular weight is 150 g/mol. The summed E-state index contributed by atoms with van der Waals surface area (Å²) in [6, 6.07) is 0. The largest absolute Gasteiger partial charge is 0.300 e. The van der Waals surface area contributed by atoms with Gasteiger partial charge in [-0.25, -0.2) is 0 Å². The van der Waals surface area contributed by atoms with Crippen LogP contribution in [-0.2, 0) is 4.79 Å². The van der Waals surface area contributed by atoms with Gasteiger partial charge in [-0.15, -0.1) is 0 Å². The number of carbonyl (C=O) groups is 1. The molecular formula is C10H14O. The number of allylic oxidation sites excluding steroid dienone is 2. The van der Waals surface area contributed by atoms with Crippen molar-refractivity contribution in [3.05, 3.63) is 12.2 Å². The average Bonchev–Trinajstić information content (AvgIpc) is 2.48. The van der Waals surface area contributed by atoms with Crippen LogP contribution in [0.25, 0.3) is 0 Å². The van der Waals surface area contributed by atoms with Gasteiger partial charge >= 0.3 is 0 Å². The molecule has 0 spiro atoms. The Kier molecular flexibility index (Phi) is 1.59. The molecule has 0 radical (unpaired) electrons. The summed E-state index contributed by atoms with van der Waals surface area (Å²) in [4.78, 5) is 10.9. The fourth-order valence-corrected chi connectivity index (χ4v) is 2.53. The molecule has 2 aliphatic carbocycles. The third-order valence-electron chi connectivity index (χ3n) is 3.06. The highest BCUT2D eigenvalue weighted by molar-refractivity contribution is 5.76. The van der Waals surface area contributed by atoms with E-state index >= 15 is 0 Å². The molecule has 1 nitrogen and oxygen atoms in total. The third kappa shape index (κ3) is 1.13. The van der Waals surface area contributed by atoms with Crippen molar-refractivity contribution in [1.29, 1.82) is 0 Å². The molecule has 11 heavy (non-hydrogen) atoms. The SMILES string of the molecule is CC(=O)CC1C2C=CC1CC2. The summed E-state index contributed by atoms with van der Waals surface area (Å²) >= 11 is 0. The van der Waals surface area contributed by atoms with E-state index in [1.54, 1.807) is 6.92 Å². The zero-order chi connectivity index (χ0) is 7.84. The summed E-state index contributed by atoms with van der Waals surface area (Å²) in [6.07, 6.45) is 8.06. The van der Waals surface area contributed by atoms with Crippen LogP contribution in [0.4, 0.5) is 0 Å². The maximum absolute atomic E-state index is 10.9. The zero-order valence-corrected chi connectivity index (χ0v) is 6.92. The van der Waals surface area contributed by atoms with Crippen LogP contribution in [0.1, 0.15) is 26.2 Å². The van der Waals surface area contributed by atoms with E-state index in [2.05, 4.69) is 12.2 Å². The number of Topliss-reactive ketones (excluding diaryl/α,β-unsaturated/α-hetero) is 1. The molecule has 2 aliphatic rings. The monoisotopic (exact) mass is 150 g/mol. The Morgan fingerprint density at radius 1 is 1.36 bits per heavy atom. The van der Waals surface area contributed by atoms with Crippen molar-refractivity contribution in [2.45, 2.75) is 26.2 Å². The van der Waals surface area contributed by atoms with Crippen LogP contribution in [0.2, 0.25) is 0 Å². The topological polar surface area (TPSA) is 17.1 Å². The normalized spacial score (nSPS) is 39.9. The second kappa shape index (κ2) is 2.47. The number of hydrogen-bond donors (Lipinski definition) is 0. The lowest BCUT2D eigenvalue weighted by Crippen LogP contribution is -2.10. The van der Waals surface area contributed by atoms with Crippen molar-refractivity contribution >= 4 is 5.78 Å². The van der Waals surface area contributed by atoms with E-state index in [1.165, 1.54) is 12.8 Å². The molecule has 0 aromatic carbocycles. The van der Waals surface area contributed by atoms with Gasteiger partial charge in [0.25, 0.3) is 0 Å². The van der Waals surface area contributed by atoms with Crippen LogP contribution in [-0.4, -0.2) is 5.78 Å². The quantitative estimate of drug-likeness (QED) is 0.551. The Balaban J connectivity index is 2.02. The molecule has 2 atom stereocenters. The summed E-state index contributed by atoms with van der Waals surface area (Å²) < 4.78 is 0. The number of rotatable bonds is 2. The summed E-state index contributed by atoms with van der Waals surface area (Å²) in [5, 5.41) is 0. The molecule has 0 N–H and O–H groups in total. The first kappa shape index (κ1) is 7.08. The Labute approximate surface area is 67.5 Å². The number of ketones is 1. The van der Waals surface area contributed by atoms with Gasteiger partial charge in [0.05, 0.1) is 0 Å². The fourth-order valence-electron chi connectivity index (χ4n) is 2.53. The van der Waals surface area contributed by atoms with Crippen LogP contribution >= 0.6 is 0 Å². The molecule has 0 aromatic rings. The van der Waals surface area contributed by atoms with Crippen LogP contribution in [0, 0.1) is 17.8 Å². The van der Waals surface area contributed by atoms with Gasteiger partial charge in [-0.05, 0) is 37.5 Å². The number of carbonyl (C=O) groups excluding carboxylic acids is 1. The van der Waals surface area contributed by atoms with E-state index in [-0.39, 0.29) is 0 Å². The molecule has 1 saturated carbocycles. The van der Waals surface area contributed by atoms with Crippen LogP contribution in [0.15, 0.2) is 12.2 Å². The van der Waals surface area contributed by atoms with Crippen molar-refractivity contribution in [2.75, 3.05) is 0 Å². The highest BCUT2D eigenvalue weighted by Crippen LogP contribution is 2.45. The van der Waals surface area contributed by atoms with E-state index in [1.807, 2.05) is 0 Å². The minimum atomic E-state index is 0.357. The lowest BCUT2D eigenvalue weighted by atomic mass is 9.91. The van der Waals surface area contributed by atoms with Crippen molar-refractivity contribution in [3.63, 3.8) is 0 Å². The van der Waals surface area contributed by atoms with Gasteiger partial charge in [-0.1, -0.05) is 12.2 Å². The van der Waals surface area contributed by atoms with Gasteiger partial charge in [0, 0.05) is 6.42 Å². The molecule has 0 saturated heterocycles. The zero-order valence-electron chi connectivity index (χ0n) is 6.92. The summed E-state index contributed by atoms with van der Waals surface area (Å²) in [5.74, 6) is 2.51. The molecule has 2 bridgehead atoms. The smallest absolute Gasteiger partial charge is 0.130 e. The third-order valence-corrected chi connectivity index (χ3v) is 3.06. The van der Waals surface area contributed by atoms with E-state index in [9.17, 15) is 4.79 Å². The van der Waals surface area contributed by atoms with Crippen molar-refractivity contribution in [2.24, 2.45) is 17.8 Å². The van der Waals surface area contributed by atoms with Gasteiger partial charge in [0.15, 0.2) is 0 Å². The van der Waals surface area contributed by atoms with Gasteiger partial charge in [-0.3, -0.25) is 0 Å². The van der Waals surface area contributed by atoms with E-state index < -0.39 is 0 Å². The van der Waals surface area contributed by atoms with Crippen molar-refractivity contribution < 1.29 is 4.79 Å². The van der Waals surface area contributed by atoms with Gasteiger partial charge in [0.1, 0.15) is 5.78 Å². The van der Waals surface area contributed by atoms with Crippen molar-refractivity contribution in [3.8, 4) is 0 Å². The first-order valence-corrected chi connectivity index (χ1v) is 4.45. The molecule has 60 valence electrons. The summed E-state index contributed by atoms with van der Waals surface area (Å²) in [7, 11) is 0. The predicted molar refractivity (Wildman–Crippen MR) is 44.1 cm³/mol. The Morgan fingerprint density at radius 2 is 1.91 bits per heavy atom. The Bertz CT molecular complexity index is 191. The molecule has 0 heterocycles. The Hall–Kier alpha value is -0.590. The Morgan fingerprint density at radius 3 is 2.27 bits per heavy atom. The molecule has 0 amide bonds. The van der Waals surface area contributed by atoms with Crippen LogP contribution in [0.5, 0.6) is 0 Å². The summed E-state index contributed by atoms with van der Waals surface area (Å²) in [6.45, 7) is 1.71. The standard InChI is InChI=1S/C10H14O/c1-7(11)6-10-8-2-3-9(10)5-4-8/h2-3,8-10H,4-6H2,1H3. The molecule has 0 aromatic heterocycles. The first-order chi connectivity index (χ1) is 5.27. The number of hydrogen-bond acceptors (Lipinski definition) is 1. The second-order valence-electron chi connectivity index (χ2n) is 3.86. The highest BCUT2D eigenvalue weighted by Gasteiger charge is 2.37. The van der Waals surface area contributed by atoms with Gasteiger partial charge < -0.3 is 4.79 Å². The minimum Gasteiger partial charge on any atom is -0.300 e. The first-order valence-electron chi connectivity index (χ1n) is 4.45. The number of fused-ring (bicyclic) bond motifs is 2. The van der Waals surface area contributed by atoms with Crippen LogP contribution in [0.3, 0.4) is 0 Å². The summed E-state index contributed by atoms with van der Waals surface area (Å²) in [5.41, 5.74) is 0. The van der Waals surface area contributed by atoms with E-state index in [0.29, 0.717) is 11.7 Å². The molecule has 2 unspecified atom stereocenters. The van der Waals surface area contributed by atoms with Gasteiger partial charge in [-0.2, -0.15) is 0 Å². The van der Waals surface area contributed by atoms with Crippen LogP contribution < -0.4 is 0 Å². The second-order valence-corrected chi connectivity index (χ2v) is 3.86.